The number of hydrogen-bond acceptors (Lipinski definition) is 1. The average molecular weight is 251 g/mol. The maximum Gasteiger partial charge on any atom is 0.251 e. The Kier molecular flexibility index (Phi) is 3.08. The number of carbonyl (C=O) groups excluding carboxylic acids is 1. The highest BCUT2D eigenvalue weighted by atomic mass is 16.1. The predicted octanol–water partition coefficient (Wildman–Crippen LogP) is 3.41. The van der Waals surface area contributed by atoms with Crippen molar-refractivity contribution < 1.29 is 4.79 Å². The lowest BCUT2D eigenvalue weighted by atomic mass is 10.1. The molecule has 3 rings (SSSR count). The third-order valence-corrected chi connectivity index (χ3v) is 3.72. The number of nitrogens with one attached hydrogen (secondary N) is 1. The normalized spacial score (nSPS) is 17.0. The van der Waals surface area contributed by atoms with Gasteiger partial charge in [-0.25, -0.2) is 0 Å². The Labute approximate surface area is 113 Å². The van der Waals surface area contributed by atoms with Crippen molar-refractivity contribution in [3.8, 4) is 0 Å². The van der Waals surface area contributed by atoms with E-state index in [2.05, 4.69) is 23.5 Å². The fraction of sp³-hybridized carbons (Fsp3) is 0.235. The molecule has 0 heterocycles. The molecule has 19 heavy (non-hydrogen) atoms. The highest BCUT2D eigenvalue weighted by Gasteiger charge is 2.23. The molecule has 0 aliphatic heterocycles. The van der Waals surface area contributed by atoms with E-state index in [9.17, 15) is 4.79 Å². The molecule has 2 nitrogen and oxygen atoms in total. The van der Waals surface area contributed by atoms with Crippen LogP contribution in [-0.2, 0) is 6.42 Å². The Morgan fingerprint density at radius 1 is 1.16 bits per heavy atom. The van der Waals surface area contributed by atoms with Crippen molar-refractivity contribution >= 4 is 5.91 Å². The molecule has 2 aromatic rings. The van der Waals surface area contributed by atoms with E-state index in [1.807, 2.05) is 37.3 Å². The van der Waals surface area contributed by atoms with E-state index >= 15 is 0 Å². The van der Waals surface area contributed by atoms with Gasteiger partial charge in [-0.1, -0.05) is 42.0 Å². The second kappa shape index (κ2) is 4.88. The van der Waals surface area contributed by atoms with E-state index in [-0.39, 0.29) is 11.9 Å². The number of carbonyl (C=O) groups is 1. The van der Waals surface area contributed by atoms with Gasteiger partial charge in [-0.3, -0.25) is 4.79 Å². The van der Waals surface area contributed by atoms with Gasteiger partial charge in [0, 0.05) is 5.56 Å². The highest BCUT2D eigenvalue weighted by Crippen LogP contribution is 2.30. The molecule has 0 aromatic heterocycles. The summed E-state index contributed by atoms with van der Waals surface area (Å²) in [4.78, 5) is 12.3. The minimum absolute atomic E-state index is 0.0189. The molecule has 0 bridgehead atoms. The molecule has 1 aliphatic rings. The van der Waals surface area contributed by atoms with Gasteiger partial charge in [0.15, 0.2) is 0 Å². The largest absolute Gasteiger partial charge is 0.345 e. The lowest BCUT2D eigenvalue weighted by Crippen LogP contribution is -2.27. The van der Waals surface area contributed by atoms with Gasteiger partial charge in [-0.05, 0) is 43.0 Å². The first-order valence-corrected chi connectivity index (χ1v) is 6.69. The molecule has 1 N–H and O–H groups in total. The van der Waals surface area contributed by atoms with Crippen LogP contribution in [0.5, 0.6) is 0 Å². The lowest BCUT2D eigenvalue weighted by molar-refractivity contribution is 0.0936. The molecule has 1 atom stereocenters. The zero-order chi connectivity index (χ0) is 13.2. The number of amides is 1. The number of hydrogen-bond donors (Lipinski definition) is 1. The molecule has 0 fully saturated rings. The SMILES string of the molecule is Cc1cccc(C(=O)N[C@@H]2CCc3ccccc32)c1. The van der Waals surface area contributed by atoms with Gasteiger partial charge in [-0.15, -0.1) is 0 Å². The second-order valence-electron chi connectivity index (χ2n) is 5.13. The maximum absolute atomic E-state index is 12.3. The second-order valence-corrected chi connectivity index (χ2v) is 5.13. The quantitative estimate of drug-likeness (QED) is 0.870. The zero-order valence-electron chi connectivity index (χ0n) is 11.0. The predicted molar refractivity (Wildman–Crippen MR) is 76.1 cm³/mol. The van der Waals surface area contributed by atoms with Crippen LogP contribution < -0.4 is 5.32 Å². The molecule has 0 saturated carbocycles. The highest BCUT2D eigenvalue weighted by molar-refractivity contribution is 5.94. The average Bonchev–Trinajstić information content (AvgIpc) is 2.82. The summed E-state index contributed by atoms with van der Waals surface area (Å²) in [5.74, 6) is 0.0189. The van der Waals surface area contributed by atoms with Gasteiger partial charge in [0.25, 0.3) is 5.91 Å². The third-order valence-electron chi connectivity index (χ3n) is 3.72. The van der Waals surface area contributed by atoms with E-state index in [1.54, 1.807) is 0 Å². The molecular formula is C17H17NO. The number of fused-ring (bicyclic) bond motifs is 1. The monoisotopic (exact) mass is 251 g/mol. The van der Waals surface area contributed by atoms with Crippen LogP contribution in [0.1, 0.15) is 39.5 Å². The van der Waals surface area contributed by atoms with Crippen LogP contribution in [0.3, 0.4) is 0 Å². The fourth-order valence-electron chi connectivity index (χ4n) is 2.73. The van der Waals surface area contributed by atoms with Crippen LogP contribution in [0.2, 0.25) is 0 Å². The van der Waals surface area contributed by atoms with Crippen molar-refractivity contribution in [1.82, 2.24) is 5.32 Å². The van der Waals surface area contributed by atoms with Crippen LogP contribution in [0, 0.1) is 6.92 Å². The summed E-state index contributed by atoms with van der Waals surface area (Å²) in [6, 6.07) is 16.2. The van der Waals surface area contributed by atoms with Crippen molar-refractivity contribution in [2.24, 2.45) is 0 Å². The van der Waals surface area contributed by atoms with E-state index in [0.29, 0.717) is 0 Å². The summed E-state index contributed by atoms with van der Waals surface area (Å²) in [5, 5.41) is 3.14. The molecule has 0 radical (unpaired) electrons. The molecule has 2 aromatic carbocycles. The molecule has 1 amide bonds. The zero-order valence-corrected chi connectivity index (χ0v) is 11.0. The van der Waals surface area contributed by atoms with Crippen molar-refractivity contribution in [3.05, 3.63) is 70.8 Å². The van der Waals surface area contributed by atoms with Crippen LogP contribution in [0.25, 0.3) is 0 Å². The summed E-state index contributed by atoms with van der Waals surface area (Å²) < 4.78 is 0. The molecule has 0 spiro atoms. The van der Waals surface area contributed by atoms with Crippen LogP contribution in [0.4, 0.5) is 0 Å². The molecule has 2 heteroatoms. The molecule has 0 unspecified atom stereocenters. The number of rotatable bonds is 2. The fourth-order valence-corrected chi connectivity index (χ4v) is 2.73. The molecule has 96 valence electrons. The Morgan fingerprint density at radius 2 is 2.00 bits per heavy atom. The Morgan fingerprint density at radius 3 is 2.84 bits per heavy atom. The summed E-state index contributed by atoms with van der Waals surface area (Å²) in [5.41, 5.74) is 4.48. The van der Waals surface area contributed by atoms with Gasteiger partial charge < -0.3 is 5.32 Å². The molecular weight excluding hydrogens is 234 g/mol. The van der Waals surface area contributed by atoms with Gasteiger partial charge in [-0.2, -0.15) is 0 Å². The Balaban J connectivity index is 1.78. The summed E-state index contributed by atoms with van der Waals surface area (Å²) in [6.07, 6.45) is 2.05. The Bertz CT molecular complexity index is 618. The van der Waals surface area contributed by atoms with Gasteiger partial charge >= 0.3 is 0 Å². The smallest absolute Gasteiger partial charge is 0.251 e. The third kappa shape index (κ3) is 2.39. The minimum atomic E-state index is 0.0189. The topological polar surface area (TPSA) is 29.1 Å². The van der Waals surface area contributed by atoms with Crippen molar-refractivity contribution in [3.63, 3.8) is 0 Å². The summed E-state index contributed by atoms with van der Waals surface area (Å²) >= 11 is 0. The number of aryl methyl sites for hydroxylation is 2. The first-order valence-electron chi connectivity index (χ1n) is 6.69. The lowest BCUT2D eigenvalue weighted by Gasteiger charge is -2.14. The number of benzene rings is 2. The van der Waals surface area contributed by atoms with E-state index < -0.39 is 0 Å². The van der Waals surface area contributed by atoms with Crippen LogP contribution >= 0.6 is 0 Å². The van der Waals surface area contributed by atoms with Crippen LogP contribution in [0.15, 0.2) is 48.5 Å². The van der Waals surface area contributed by atoms with Gasteiger partial charge in [0.1, 0.15) is 0 Å². The van der Waals surface area contributed by atoms with Crippen molar-refractivity contribution in [1.29, 1.82) is 0 Å². The van der Waals surface area contributed by atoms with Crippen molar-refractivity contribution in [2.45, 2.75) is 25.8 Å². The summed E-state index contributed by atoms with van der Waals surface area (Å²) in [7, 11) is 0. The standard InChI is InChI=1S/C17H17NO/c1-12-5-4-7-14(11-12)17(19)18-16-10-9-13-6-2-3-8-15(13)16/h2-8,11,16H,9-10H2,1H3,(H,18,19)/t16-/m1/s1. The first kappa shape index (κ1) is 12.0. The maximum atomic E-state index is 12.3. The summed E-state index contributed by atoms with van der Waals surface area (Å²) in [6.45, 7) is 2.00. The molecule has 1 aliphatic carbocycles. The molecule has 0 saturated heterocycles. The van der Waals surface area contributed by atoms with Crippen molar-refractivity contribution in [2.75, 3.05) is 0 Å². The van der Waals surface area contributed by atoms with E-state index in [1.165, 1.54) is 11.1 Å². The Hall–Kier alpha value is -2.09. The van der Waals surface area contributed by atoms with Gasteiger partial charge in [0.05, 0.1) is 6.04 Å². The van der Waals surface area contributed by atoms with Gasteiger partial charge in [0.2, 0.25) is 0 Å². The first-order chi connectivity index (χ1) is 9.24. The minimum Gasteiger partial charge on any atom is -0.345 e. The van der Waals surface area contributed by atoms with E-state index in [4.69, 9.17) is 0 Å². The van der Waals surface area contributed by atoms with Crippen LogP contribution in [-0.4, -0.2) is 5.91 Å². The van der Waals surface area contributed by atoms with E-state index in [0.717, 1.165) is 24.0 Å².